The minimum absolute atomic E-state index is 0.0779. The molecule has 0 bridgehead atoms. The number of carbonyl (C=O) groups is 1. The van der Waals surface area contributed by atoms with Crippen LogP contribution in [0.3, 0.4) is 0 Å². The monoisotopic (exact) mass is 296 g/mol. The molecule has 1 saturated heterocycles. The first kappa shape index (κ1) is 15.3. The summed E-state index contributed by atoms with van der Waals surface area (Å²) in [6.45, 7) is 6.10. The summed E-state index contributed by atoms with van der Waals surface area (Å²) in [7, 11) is 1.51. The predicted octanol–water partition coefficient (Wildman–Crippen LogP) is 1.31. The van der Waals surface area contributed by atoms with Crippen LogP contribution in [-0.2, 0) is 14.3 Å². The summed E-state index contributed by atoms with van der Waals surface area (Å²) in [4.78, 5) is 14.9. The molecule has 5 nitrogen and oxygen atoms in total. The molecule has 0 amide bonds. The largest absolute Gasteiger partial charge is 0.468 e. The zero-order valence-corrected chi connectivity index (χ0v) is 13.4. The number of nitrogens with one attached hydrogen (secondary N) is 1. The highest BCUT2D eigenvalue weighted by Gasteiger charge is 2.50. The number of esters is 1. The zero-order chi connectivity index (χ0) is 15.0. The maximum atomic E-state index is 12.3. The molecule has 2 saturated carbocycles. The van der Waals surface area contributed by atoms with Gasteiger partial charge in [-0.3, -0.25) is 15.0 Å². The third-order valence-electron chi connectivity index (χ3n) is 5.25. The Hall–Kier alpha value is -0.650. The summed E-state index contributed by atoms with van der Waals surface area (Å²) in [6.07, 6.45) is 5.48. The fraction of sp³-hybridized carbons (Fsp3) is 0.938. The van der Waals surface area contributed by atoms with Crippen molar-refractivity contribution < 1.29 is 14.3 Å². The van der Waals surface area contributed by atoms with Crippen molar-refractivity contribution in [3.63, 3.8) is 0 Å². The van der Waals surface area contributed by atoms with Crippen LogP contribution < -0.4 is 5.32 Å². The summed E-state index contributed by atoms with van der Waals surface area (Å²) in [5.41, 5.74) is -0.457. The van der Waals surface area contributed by atoms with Gasteiger partial charge in [0.15, 0.2) is 0 Å². The second-order valence-corrected chi connectivity index (χ2v) is 7.08. The molecule has 4 atom stereocenters. The molecule has 120 valence electrons. The van der Waals surface area contributed by atoms with E-state index in [1.807, 2.05) is 0 Å². The van der Waals surface area contributed by atoms with E-state index >= 15 is 0 Å². The van der Waals surface area contributed by atoms with Crippen LogP contribution in [0.1, 0.15) is 46.0 Å². The number of methoxy groups -OCH3 is 1. The lowest BCUT2D eigenvalue weighted by Gasteiger charge is -2.41. The summed E-state index contributed by atoms with van der Waals surface area (Å²) < 4.78 is 10.8. The lowest BCUT2D eigenvalue weighted by Crippen LogP contribution is -2.55. The Morgan fingerprint density at radius 2 is 2.10 bits per heavy atom. The highest BCUT2D eigenvalue weighted by molar-refractivity contribution is 5.81. The van der Waals surface area contributed by atoms with E-state index in [9.17, 15) is 4.79 Å². The Kier molecular flexibility index (Phi) is 4.26. The Morgan fingerprint density at radius 1 is 1.33 bits per heavy atom. The molecule has 1 heterocycles. The highest BCUT2D eigenvalue weighted by atomic mass is 16.5. The van der Waals surface area contributed by atoms with Gasteiger partial charge in [0.2, 0.25) is 0 Å². The quantitative estimate of drug-likeness (QED) is 0.793. The smallest absolute Gasteiger partial charge is 0.326 e. The summed E-state index contributed by atoms with van der Waals surface area (Å²) in [5.74, 6) is -0.0779. The van der Waals surface area contributed by atoms with Crippen LogP contribution >= 0.6 is 0 Å². The van der Waals surface area contributed by atoms with Crippen LogP contribution in [-0.4, -0.2) is 60.9 Å². The Morgan fingerprint density at radius 3 is 2.76 bits per heavy atom. The summed E-state index contributed by atoms with van der Waals surface area (Å²) in [6, 6.07) is 1.40. The standard InChI is InChI=1S/C16H28N2O3/c1-11-10-21-12(2)9-18(11)14-6-7-16(8-14,15(19)20-3)17-13-4-5-13/h11-14,17H,4-10H2,1-3H3. The molecular formula is C16H28N2O3. The summed E-state index contributed by atoms with van der Waals surface area (Å²) >= 11 is 0. The molecule has 21 heavy (non-hydrogen) atoms. The first-order valence-corrected chi connectivity index (χ1v) is 8.27. The number of ether oxygens (including phenoxy) is 2. The van der Waals surface area contributed by atoms with Crippen molar-refractivity contribution in [1.29, 1.82) is 0 Å². The maximum absolute atomic E-state index is 12.3. The average Bonchev–Trinajstić information content (AvgIpc) is 3.18. The maximum Gasteiger partial charge on any atom is 0.326 e. The molecule has 0 spiro atoms. The number of carbonyl (C=O) groups excluding carboxylic acids is 1. The predicted molar refractivity (Wildman–Crippen MR) is 80.1 cm³/mol. The fourth-order valence-corrected chi connectivity index (χ4v) is 3.93. The van der Waals surface area contributed by atoms with Crippen molar-refractivity contribution in [1.82, 2.24) is 10.2 Å². The van der Waals surface area contributed by atoms with Gasteiger partial charge in [-0.1, -0.05) is 0 Å². The van der Waals surface area contributed by atoms with Crippen LogP contribution in [0.4, 0.5) is 0 Å². The molecule has 0 aromatic rings. The molecule has 3 aliphatic rings. The van der Waals surface area contributed by atoms with Gasteiger partial charge in [-0.05, 0) is 46.0 Å². The van der Waals surface area contributed by atoms with Gasteiger partial charge >= 0.3 is 5.97 Å². The van der Waals surface area contributed by atoms with Crippen LogP contribution in [0.15, 0.2) is 0 Å². The fourth-order valence-electron chi connectivity index (χ4n) is 3.93. The van der Waals surface area contributed by atoms with Gasteiger partial charge in [-0.2, -0.15) is 0 Å². The first-order chi connectivity index (χ1) is 10.0. The van der Waals surface area contributed by atoms with Crippen LogP contribution in [0.5, 0.6) is 0 Å². The second-order valence-electron chi connectivity index (χ2n) is 7.08. The average molecular weight is 296 g/mol. The van der Waals surface area contributed by atoms with Gasteiger partial charge < -0.3 is 9.47 Å². The Labute approximate surface area is 127 Å². The van der Waals surface area contributed by atoms with E-state index in [0.717, 1.165) is 32.4 Å². The lowest BCUT2D eigenvalue weighted by atomic mass is 9.96. The third kappa shape index (κ3) is 3.10. The van der Waals surface area contributed by atoms with E-state index in [0.29, 0.717) is 18.1 Å². The van der Waals surface area contributed by atoms with E-state index < -0.39 is 5.54 Å². The Bertz CT molecular complexity index is 399. The number of morpholine rings is 1. The molecular weight excluding hydrogens is 268 g/mol. The highest BCUT2D eigenvalue weighted by Crippen LogP contribution is 2.38. The molecule has 0 radical (unpaired) electrons. The number of hydrogen-bond acceptors (Lipinski definition) is 5. The number of hydrogen-bond donors (Lipinski definition) is 1. The van der Waals surface area contributed by atoms with Crippen molar-refractivity contribution in [2.24, 2.45) is 0 Å². The SMILES string of the molecule is COC(=O)C1(NC2CC2)CCC(N2CC(C)OCC2C)C1. The summed E-state index contributed by atoms with van der Waals surface area (Å²) in [5, 5.41) is 3.58. The molecule has 3 fully saturated rings. The third-order valence-corrected chi connectivity index (χ3v) is 5.25. The topological polar surface area (TPSA) is 50.8 Å². The van der Waals surface area contributed by atoms with Crippen molar-refractivity contribution in [3.8, 4) is 0 Å². The number of nitrogens with zero attached hydrogens (tertiary/aromatic N) is 1. The van der Waals surface area contributed by atoms with Gasteiger partial charge in [0, 0.05) is 24.7 Å². The van der Waals surface area contributed by atoms with E-state index in [1.165, 1.54) is 20.0 Å². The second kappa shape index (κ2) is 5.86. The van der Waals surface area contributed by atoms with Crippen molar-refractivity contribution in [2.45, 2.75) is 75.7 Å². The zero-order valence-electron chi connectivity index (χ0n) is 13.4. The molecule has 1 aliphatic heterocycles. The normalized spacial score (nSPS) is 41.2. The molecule has 2 aliphatic carbocycles. The van der Waals surface area contributed by atoms with Crippen molar-refractivity contribution in [3.05, 3.63) is 0 Å². The number of rotatable bonds is 4. The van der Waals surface area contributed by atoms with Gasteiger partial charge in [0.25, 0.3) is 0 Å². The molecule has 3 rings (SSSR count). The van der Waals surface area contributed by atoms with E-state index in [1.54, 1.807) is 0 Å². The Balaban J connectivity index is 1.70. The van der Waals surface area contributed by atoms with Crippen molar-refractivity contribution in [2.75, 3.05) is 20.3 Å². The van der Waals surface area contributed by atoms with Crippen LogP contribution in [0.25, 0.3) is 0 Å². The molecule has 0 aromatic carbocycles. The molecule has 0 aromatic heterocycles. The van der Waals surface area contributed by atoms with E-state index in [-0.39, 0.29) is 12.1 Å². The first-order valence-electron chi connectivity index (χ1n) is 8.27. The molecule has 4 unspecified atom stereocenters. The minimum Gasteiger partial charge on any atom is -0.468 e. The van der Waals surface area contributed by atoms with Crippen LogP contribution in [0.2, 0.25) is 0 Å². The van der Waals surface area contributed by atoms with Gasteiger partial charge in [-0.25, -0.2) is 0 Å². The van der Waals surface area contributed by atoms with Gasteiger partial charge in [-0.15, -0.1) is 0 Å². The molecule has 1 N–H and O–H groups in total. The van der Waals surface area contributed by atoms with E-state index in [2.05, 4.69) is 24.1 Å². The van der Waals surface area contributed by atoms with Gasteiger partial charge in [0.05, 0.1) is 19.8 Å². The molecule has 5 heteroatoms. The van der Waals surface area contributed by atoms with Gasteiger partial charge in [0.1, 0.15) is 5.54 Å². The van der Waals surface area contributed by atoms with Crippen molar-refractivity contribution >= 4 is 5.97 Å². The van der Waals surface area contributed by atoms with E-state index in [4.69, 9.17) is 9.47 Å². The lowest BCUT2D eigenvalue weighted by molar-refractivity contribution is -0.149. The minimum atomic E-state index is -0.457. The van der Waals surface area contributed by atoms with Crippen LogP contribution in [0, 0.1) is 0 Å².